The van der Waals surface area contributed by atoms with Crippen LogP contribution in [0.4, 0.5) is 5.69 Å². The summed E-state index contributed by atoms with van der Waals surface area (Å²) in [6, 6.07) is 13.8. The maximum atomic E-state index is 13.2. The molecule has 7 nitrogen and oxygen atoms in total. The summed E-state index contributed by atoms with van der Waals surface area (Å²) in [5.74, 6) is -0.279. The van der Waals surface area contributed by atoms with Crippen molar-refractivity contribution in [3.63, 3.8) is 0 Å². The second-order valence-electron chi connectivity index (χ2n) is 7.37. The first-order valence-electron chi connectivity index (χ1n) is 9.53. The van der Waals surface area contributed by atoms with E-state index in [0.29, 0.717) is 18.5 Å². The molecule has 8 heteroatoms. The van der Waals surface area contributed by atoms with Gasteiger partial charge in [0.1, 0.15) is 0 Å². The quantitative estimate of drug-likeness (QED) is 0.751. The van der Waals surface area contributed by atoms with Crippen molar-refractivity contribution in [2.45, 2.75) is 11.3 Å². The largest absolute Gasteiger partial charge is 0.335 e. The molecule has 2 aliphatic heterocycles. The van der Waals surface area contributed by atoms with E-state index in [-0.39, 0.29) is 10.8 Å². The summed E-state index contributed by atoms with van der Waals surface area (Å²) in [4.78, 5) is 14.2. The molecule has 2 heterocycles. The molecule has 2 aromatic carbocycles. The van der Waals surface area contributed by atoms with Crippen molar-refractivity contribution in [3.8, 4) is 0 Å². The van der Waals surface area contributed by atoms with Gasteiger partial charge in [-0.15, -0.1) is 0 Å². The molecule has 148 valence electrons. The Balaban J connectivity index is 1.54. The molecule has 0 spiro atoms. The number of anilines is 1. The second-order valence-corrected chi connectivity index (χ2v) is 9.23. The number of fused-ring (bicyclic) bond motifs is 1. The highest BCUT2D eigenvalue weighted by Gasteiger charge is 2.31. The number of para-hydroxylation sites is 1. The Bertz CT molecular complexity index is 984. The lowest BCUT2D eigenvalue weighted by molar-refractivity contribution is -0.884. The number of amides is 1. The van der Waals surface area contributed by atoms with Crippen LogP contribution in [0, 0.1) is 0 Å². The summed E-state index contributed by atoms with van der Waals surface area (Å²) in [5.41, 5.74) is 4.98. The highest BCUT2D eigenvalue weighted by Crippen LogP contribution is 2.32. The van der Waals surface area contributed by atoms with E-state index in [0.717, 1.165) is 37.4 Å². The number of likely N-dealkylation sites (N-methyl/N-ethyl adjacent to an activating group) is 1. The number of hydrogen-bond acceptors (Lipinski definition) is 4. The molecule has 2 aromatic rings. The Morgan fingerprint density at radius 1 is 1.04 bits per heavy atom. The lowest BCUT2D eigenvalue weighted by Crippen LogP contribution is -3.12. The van der Waals surface area contributed by atoms with E-state index in [1.807, 2.05) is 29.3 Å². The highest BCUT2D eigenvalue weighted by molar-refractivity contribution is 7.92. The van der Waals surface area contributed by atoms with E-state index in [9.17, 15) is 13.2 Å². The summed E-state index contributed by atoms with van der Waals surface area (Å²) >= 11 is 0. The molecular formula is C20H25N4O3S+. The summed E-state index contributed by atoms with van der Waals surface area (Å²) < 4.78 is 27.8. The van der Waals surface area contributed by atoms with Gasteiger partial charge in [-0.25, -0.2) is 13.4 Å². The number of benzene rings is 2. The van der Waals surface area contributed by atoms with Gasteiger partial charge in [0, 0.05) is 12.1 Å². The predicted octanol–water partition coefficient (Wildman–Crippen LogP) is -0.0869. The molecule has 1 fully saturated rings. The number of carbonyl (C=O) groups is 1. The Morgan fingerprint density at radius 3 is 2.57 bits per heavy atom. The molecule has 4 rings (SSSR count). The predicted molar refractivity (Wildman–Crippen MR) is 107 cm³/mol. The number of sulfonamides is 1. The minimum Gasteiger partial charge on any atom is -0.335 e. The fourth-order valence-corrected chi connectivity index (χ4v) is 5.24. The summed E-state index contributed by atoms with van der Waals surface area (Å²) in [6.07, 6.45) is 0.695. The highest BCUT2D eigenvalue weighted by atomic mass is 32.2. The van der Waals surface area contributed by atoms with Crippen molar-refractivity contribution in [1.82, 2.24) is 10.4 Å². The van der Waals surface area contributed by atoms with Crippen LogP contribution in [0.1, 0.15) is 15.9 Å². The van der Waals surface area contributed by atoms with Gasteiger partial charge in [0.25, 0.3) is 15.9 Å². The number of carbonyl (C=O) groups excluding carboxylic acids is 1. The molecule has 0 aromatic heterocycles. The monoisotopic (exact) mass is 401 g/mol. The van der Waals surface area contributed by atoms with Crippen LogP contribution in [0.25, 0.3) is 0 Å². The number of quaternary nitrogens is 1. The summed E-state index contributed by atoms with van der Waals surface area (Å²) in [6.45, 7) is 3.90. The molecule has 0 aliphatic carbocycles. The fraction of sp³-hybridized carbons (Fsp3) is 0.350. The number of nitrogens with zero attached hydrogens (tertiary/aromatic N) is 2. The molecule has 0 bridgehead atoms. The molecule has 1 amide bonds. The maximum Gasteiger partial charge on any atom is 0.265 e. The third-order valence-electron chi connectivity index (χ3n) is 5.41. The van der Waals surface area contributed by atoms with Crippen LogP contribution >= 0.6 is 0 Å². The minimum atomic E-state index is -3.71. The number of piperazine rings is 1. The molecule has 2 N–H and O–H groups in total. The van der Waals surface area contributed by atoms with Gasteiger partial charge in [-0.05, 0) is 36.2 Å². The zero-order chi connectivity index (χ0) is 19.7. The molecule has 2 aliphatic rings. The molecule has 28 heavy (non-hydrogen) atoms. The lowest BCUT2D eigenvalue weighted by Gasteiger charge is -2.30. The first-order chi connectivity index (χ1) is 13.4. The second kappa shape index (κ2) is 7.54. The first kappa shape index (κ1) is 18.9. The van der Waals surface area contributed by atoms with Crippen LogP contribution in [0.2, 0.25) is 0 Å². The van der Waals surface area contributed by atoms with Crippen LogP contribution in [-0.4, -0.2) is 59.1 Å². The van der Waals surface area contributed by atoms with Crippen LogP contribution in [0.3, 0.4) is 0 Å². The molecule has 1 saturated heterocycles. The Hall–Kier alpha value is -2.42. The van der Waals surface area contributed by atoms with E-state index >= 15 is 0 Å². The van der Waals surface area contributed by atoms with Crippen molar-refractivity contribution in [3.05, 3.63) is 59.7 Å². The first-order valence-corrected chi connectivity index (χ1v) is 11.0. The van der Waals surface area contributed by atoms with E-state index in [1.165, 1.54) is 15.3 Å². The number of nitrogens with one attached hydrogen (secondary N) is 2. The topological polar surface area (TPSA) is 74.2 Å². The third-order valence-corrected chi connectivity index (χ3v) is 7.21. The Labute approximate surface area is 165 Å². The average Bonchev–Trinajstić information content (AvgIpc) is 3.15. The van der Waals surface area contributed by atoms with Crippen molar-refractivity contribution in [1.29, 1.82) is 0 Å². The molecule has 0 atom stereocenters. The van der Waals surface area contributed by atoms with Crippen molar-refractivity contribution in [2.75, 3.05) is 44.1 Å². The maximum absolute atomic E-state index is 13.2. The van der Waals surface area contributed by atoms with Gasteiger partial charge in [0.15, 0.2) is 0 Å². The zero-order valence-electron chi connectivity index (χ0n) is 15.9. The zero-order valence-corrected chi connectivity index (χ0v) is 16.7. The van der Waals surface area contributed by atoms with E-state index in [2.05, 4.69) is 12.5 Å². The van der Waals surface area contributed by atoms with E-state index < -0.39 is 10.0 Å². The minimum absolute atomic E-state index is 0.139. The Morgan fingerprint density at radius 2 is 1.79 bits per heavy atom. The summed E-state index contributed by atoms with van der Waals surface area (Å²) in [5, 5.41) is 1.90. The van der Waals surface area contributed by atoms with Gasteiger partial charge in [0.2, 0.25) is 0 Å². The average molecular weight is 402 g/mol. The Kier molecular flexibility index (Phi) is 5.09. The lowest BCUT2D eigenvalue weighted by atomic mass is 10.2. The van der Waals surface area contributed by atoms with Crippen LogP contribution < -0.4 is 14.6 Å². The van der Waals surface area contributed by atoms with Crippen molar-refractivity contribution < 1.29 is 18.1 Å². The standard InChI is InChI=1S/C20H24N4O3S/c1-22-11-13-23(14-12-22)21-20(25)17-6-4-7-18(15-17)28(26,27)24-10-9-16-5-2-3-8-19(16)24/h2-8,15H,9-14H2,1H3,(H,21,25)/p+1. The van der Waals surface area contributed by atoms with Crippen molar-refractivity contribution >= 4 is 21.6 Å². The van der Waals surface area contributed by atoms with E-state index in [4.69, 9.17) is 0 Å². The molecule has 0 unspecified atom stereocenters. The SMILES string of the molecule is C[NH+]1CCN(NC(=O)c2cccc(S(=O)(=O)N3CCc4ccccc43)c2)CC1. The number of rotatable bonds is 4. The summed E-state index contributed by atoms with van der Waals surface area (Å²) in [7, 11) is -1.58. The normalized spacial score (nSPS) is 18.1. The van der Waals surface area contributed by atoms with Gasteiger partial charge in [0.05, 0.1) is 43.8 Å². The van der Waals surface area contributed by atoms with Crippen LogP contribution in [-0.2, 0) is 16.4 Å². The van der Waals surface area contributed by atoms with Gasteiger partial charge < -0.3 is 4.90 Å². The van der Waals surface area contributed by atoms with Gasteiger partial charge in [-0.3, -0.25) is 14.5 Å². The third kappa shape index (κ3) is 3.63. The smallest absolute Gasteiger partial charge is 0.265 e. The van der Waals surface area contributed by atoms with Crippen LogP contribution in [0.15, 0.2) is 53.4 Å². The molecule has 0 saturated carbocycles. The molecule has 0 radical (unpaired) electrons. The van der Waals surface area contributed by atoms with Gasteiger partial charge in [-0.1, -0.05) is 24.3 Å². The van der Waals surface area contributed by atoms with Gasteiger partial charge >= 0.3 is 0 Å². The fourth-order valence-electron chi connectivity index (χ4n) is 3.69. The van der Waals surface area contributed by atoms with Gasteiger partial charge in [-0.2, -0.15) is 0 Å². The molecular weight excluding hydrogens is 376 g/mol. The van der Waals surface area contributed by atoms with E-state index in [1.54, 1.807) is 18.2 Å². The van der Waals surface area contributed by atoms with Crippen LogP contribution in [0.5, 0.6) is 0 Å². The van der Waals surface area contributed by atoms with Crippen molar-refractivity contribution in [2.24, 2.45) is 0 Å². The number of hydrogen-bond donors (Lipinski definition) is 2. The number of hydrazine groups is 1.